The maximum atomic E-state index is 17.1. The summed E-state index contributed by atoms with van der Waals surface area (Å²) >= 11 is 0. The highest BCUT2D eigenvalue weighted by Crippen LogP contribution is 2.67. The molecular formula is C42H6F18N6. The minimum absolute atomic E-state index is 0.711. The van der Waals surface area contributed by atoms with Crippen LogP contribution in [0.1, 0.15) is 104 Å². The number of allylic oxidation sites excluding steroid dienone is 6. The van der Waals surface area contributed by atoms with E-state index in [2.05, 4.69) is 0 Å². The van der Waals surface area contributed by atoms with E-state index < -0.39 is 207 Å². The summed E-state index contributed by atoms with van der Waals surface area (Å²) in [7, 11) is 0. The lowest BCUT2D eigenvalue weighted by Crippen LogP contribution is -2.09. The van der Waals surface area contributed by atoms with Crippen molar-refractivity contribution in [3.8, 4) is 36.4 Å². The monoisotopic (exact) mass is 936 g/mol. The Morgan fingerprint density at radius 1 is 0.273 bits per heavy atom. The van der Waals surface area contributed by atoms with E-state index in [0.29, 0.717) is 18.2 Å². The minimum Gasteiger partial charge on any atom is -0.237 e. The number of halogens is 18. The van der Waals surface area contributed by atoms with E-state index in [1.165, 1.54) is 0 Å². The third-order valence-corrected chi connectivity index (χ3v) is 11.0. The molecule has 0 saturated carbocycles. The standard InChI is InChI=1S/C42H6F18N6/c43-25-10(4-64)26(44)38(56)16(37(25)55)7(1-61)13-31(49)19-20(32(13)50)22-24(36(54)15(34(22)52)9(3-63)18-41(59)29(47)12(6-66)30(48)42(18)60)23-21(19)33(51)14(35(23)53)8(2-62)17-39(57)27(45)11(5-65)28(46)40(17)58/h31-36H. The zero-order valence-electron chi connectivity index (χ0n) is 31.0. The molecule has 0 heterocycles. The van der Waals surface area contributed by atoms with Gasteiger partial charge in [0, 0.05) is 50.1 Å². The number of fused-ring (bicyclic) bond motifs is 6. The third-order valence-electron chi connectivity index (χ3n) is 11.0. The Morgan fingerprint density at radius 3 is 0.545 bits per heavy atom. The molecule has 6 unspecified atom stereocenters. The van der Waals surface area contributed by atoms with E-state index in [1.54, 1.807) is 0 Å². The fraction of sp³-hybridized carbons (Fsp3) is 0.143. The Bertz CT molecular complexity index is 2850. The van der Waals surface area contributed by atoms with Gasteiger partial charge in [0.2, 0.25) is 0 Å². The van der Waals surface area contributed by atoms with Gasteiger partial charge in [0.05, 0.1) is 33.4 Å². The maximum absolute atomic E-state index is 17.1. The normalized spacial score (nSPS) is 20.1. The summed E-state index contributed by atoms with van der Waals surface area (Å²) in [6.07, 6.45) is -22.7. The molecule has 7 rings (SSSR count). The maximum Gasteiger partial charge on any atom is 0.180 e. The average molecular weight is 937 g/mol. The summed E-state index contributed by atoms with van der Waals surface area (Å²) in [5.74, 6) is -31.7. The van der Waals surface area contributed by atoms with Gasteiger partial charge in [-0.1, -0.05) is 0 Å². The van der Waals surface area contributed by atoms with Crippen LogP contribution in [-0.2, 0) is 0 Å². The van der Waals surface area contributed by atoms with Gasteiger partial charge in [-0.3, -0.25) is 0 Å². The van der Waals surface area contributed by atoms with E-state index >= 15 is 52.7 Å². The van der Waals surface area contributed by atoms with Crippen LogP contribution in [-0.4, -0.2) is 0 Å². The number of hydrogen-bond donors (Lipinski definition) is 0. The fourth-order valence-corrected chi connectivity index (χ4v) is 8.23. The molecule has 3 aliphatic rings. The summed E-state index contributed by atoms with van der Waals surface area (Å²) in [4.78, 5) is 0. The first-order valence-corrected chi connectivity index (χ1v) is 17.4. The molecule has 0 fully saturated rings. The highest BCUT2D eigenvalue weighted by atomic mass is 19.2. The van der Waals surface area contributed by atoms with Gasteiger partial charge >= 0.3 is 0 Å². The van der Waals surface area contributed by atoms with Gasteiger partial charge in [0.1, 0.15) is 53.1 Å². The van der Waals surface area contributed by atoms with Gasteiger partial charge in [-0.25, -0.2) is 79.0 Å². The predicted molar refractivity (Wildman–Crippen MR) is 180 cm³/mol. The van der Waals surface area contributed by atoms with Crippen LogP contribution in [0, 0.1) is 138 Å². The summed E-state index contributed by atoms with van der Waals surface area (Å²) < 4.78 is 283. The van der Waals surface area contributed by atoms with Crippen molar-refractivity contribution in [2.24, 2.45) is 0 Å². The van der Waals surface area contributed by atoms with Crippen LogP contribution in [0.5, 0.6) is 0 Å². The molecular weight excluding hydrogens is 930 g/mol. The molecule has 0 N–H and O–H groups in total. The van der Waals surface area contributed by atoms with E-state index in [0.717, 1.165) is 18.2 Å². The van der Waals surface area contributed by atoms with Crippen molar-refractivity contribution >= 4 is 16.7 Å². The molecule has 4 aromatic rings. The molecule has 6 atom stereocenters. The van der Waals surface area contributed by atoms with E-state index in [4.69, 9.17) is 15.8 Å². The Labute approximate surface area is 353 Å². The van der Waals surface area contributed by atoms with Crippen molar-refractivity contribution in [1.29, 1.82) is 31.6 Å². The fourth-order valence-electron chi connectivity index (χ4n) is 8.23. The van der Waals surface area contributed by atoms with Crippen LogP contribution in [0.2, 0.25) is 0 Å². The lowest BCUT2D eigenvalue weighted by atomic mass is 9.88. The van der Waals surface area contributed by atoms with Crippen LogP contribution in [0.3, 0.4) is 0 Å². The molecule has 0 saturated heterocycles. The van der Waals surface area contributed by atoms with Crippen molar-refractivity contribution in [2.75, 3.05) is 0 Å². The largest absolute Gasteiger partial charge is 0.237 e. The number of hydrogen-bond acceptors (Lipinski definition) is 6. The van der Waals surface area contributed by atoms with Gasteiger partial charge in [0.25, 0.3) is 0 Å². The Morgan fingerprint density at radius 2 is 0.424 bits per heavy atom. The average Bonchev–Trinajstić information content (AvgIpc) is 3.81. The summed E-state index contributed by atoms with van der Waals surface area (Å²) in [5, 5.41) is 56.8. The van der Waals surface area contributed by atoms with Crippen LogP contribution >= 0.6 is 0 Å². The Hall–Kier alpha value is -8.22. The molecule has 24 heteroatoms. The molecule has 0 bridgehead atoms. The Balaban J connectivity index is 1.66. The molecule has 6 nitrogen and oxygen atoms in total. The zero-order valence-corrected chi connectivity index (χ0v) is 31.0. The Kier molecular flexibility index (Phi) is 11.0. The van der Waals surface area contributed by atoms with Crippen LogP contribution in [0.4, 0.5) is 79.0 Å². The lowest BCUT2D eigenvalue weighted by Gasteiger charge is -2.18. The molecule has 4 aromatic carbocycles. The van der Waals surface area contributed by atoms with E-state index in [1.807, 2.05) is 0 Å². The number of benzene rings is 4. The topological polar surface area (TPSA) is 143 Å². The zero-order chi connectivity index (χ0) is 49.0. The van der Waals surface area contributed by atoms with Gasteiger partial charge in [-0.15, -0.1) is 0 Å². The highest BCUT2D eigenvalue weighted by molar-refractivity contribution is 5.89. The third kappa shape index (κ3) is 5.67. The van der Waals surface area contributed by atoms with Crippen molar-refractivity contribution in [3.63, 3.8) is 0 Å². The first kappa shape index (κ1) is 45.8. The molecule has 3 aliphatic carbocycles. The minimum atomic E-state index is -3.79. The van der Waals surface area contributed by atoms with E-state index in [9.17, 15) is 42.1 Å². The smallest absolute Gasteiger partial charge is 0.180 e. The van der Waals surface area contributed by atoms with Crippen molar-refractivity contribution in [2.45, 2.75) is 37.0 Å². The molecule has 0 radical (unpaired) electrons. The van der Waals surface area contributed by atoms with Gasteiger partial charge in [-0.05, 0) is 0 Å². The summed E-state index contributed by atoms with van der Waals surface area (Å²) in [6.45, 7) is 0. The van der Waals surface area contributed by atoms with Gasteiger partial charge in [-0.2, -0.15) is 31.6 Å². The molecule has 0 spiro atoms. The van der Waals surface area contributed by atoms with Crippen LogP contribution in [0.25, 0.3) is 16.7 Å². The van der Waals surface area contributed by atoms with Crippen molar-refractivity contribution < 1.29 is 79.0 Å². The highest BCUT2D eigenvalue weighted by Gasteiger charge is 2.57. The van der Waals surface area contributed by atoms with Gasteiger partial charge < -0.3 is 0 Å². The molecule has 0 aromatic heterocycles. The second kappa shape index (κ2) is 15.8. The lowest BCUT2D eigenvalue weighted by molar-refractivity contribution is 0.331. The second-order valence-electron chi connectivity index (χ2n) is 13.8. The first-order chi connectivity index (χ1) is 31.1. The SMILES string of the molecule is N#CC(=C1C(F)c2c3c(c4c(c2C1F)C(F)C(=C(C#N)c1c(F)c(F)c(C#N)c(F)c1F)C4F)C(F)C(=C(C#N)c1c(F)c(F)c(C#N)c(F)c1F)C3F)c1c(F)c(F)c(C#N)c(F)c1F. The number of rotatable bonds is 3. The van der Waals surface area contributed by atoms with Crippen LogP contribution < -0.4 is 0 Å². The summed E-state index contributed by atoms with van der Waals surface area (Å²) in [5.41, 5.74) is -36.9. The number of nitriles is 6. The van der Waals surface area contributed by atoms with Crippen LogP contribution in [0.15, 0.2) is 16.7 Å². The molecule has 330 valence electrons. The molecule has 0 amide bonds. The molecule has 0 aliphatic heterocycles. The van der Waals surface area contributed by atoms with E-state index in [-0.39, 0.29) is 0 Å². The number of alkyl halides is 6. The molecule has 66 heavy (non-hydrogen) atoms. The second-order valence-corrected chi connectivity index (χ2v) is 13.8. The predicted octanol–water partition coefficient (Wildman–Crippen LogP) is 12.0. The van der Waals surface area contributed by atoms with Crippen molar-refractivity contribution in [3.05, 3.63) is 153 Å². The number of nitrogens with zero attached hydrogens (tertiary/aromatic N) is 6. The first-order valence-electron chi connectivity index (χ1n) is 17.4. The van der Waals surface area contributed by atoms with Crippen molar-refractivity contribution in [1.82, 2.24) is 0 Å². The quantitative estimate of drug-likeness (QED) is 0.114. The summed E-state index contributed by atoms with van der Waals surface area (Å²) in [6, 6.07) is 4.51. The van der Waals surface area contributed by atoms with Gasteiger partial charge in [0.15, 0.2) is 107 Å².